The van der Waals surface area contributed by atoms with Crippen molar-refractivity contribution in [1.29, 1.82) is 0 Å². The zero-order chi connectivity index (χ0) is 9.84. The van der Waals surface area contributed by atoms with E-state index >= 15 is 0 Å². The molecule has 1 aromatic rings. The Bertz CT molecular complexity index is 328. The summed E-state index contributed by atoms with van der Waals surface area (Å²) >= 11 is 3.28. The first kappa shape index (κ1) is 9.98. The lowest BCUT2D eigenvalue weighted by atomic mass is 10.3. The summed E-state index contributed by atoms with van der Waals surface area (Å²) in [6.07, 6.45) is 1.68. The number of carboxylic acid groups (broad SMARTS) is 1. The SMILES string of the molecule is Cc1cnc(NCC(=O)O)c(Br)c1. The summed E-state index contributed by atoms with van der Waals surface area (Å²) in [5.41, 5.74) is 1.02. The molecule has 2 N–H and O–H groups in total. The molecular formula is C8H9BrN2O2. The predicted octanol–water partition coefficient (Wildman–Crippen LogP) is 1.65. The summed E-state index contributed by atoms with van der Waals surface area (Å²) in [6, 6.07) is 1.87. The van der Waals surface area contributed by atoms with Crippen LogP contribution in [0.1, 0.15) is 5.56 Å². The highest BCUT2D eigenvalue weighted by molar-refractivity contribution is 9.10. The highest BCUT2D eigenvalue weighted by Crippen LogP contribution is 2.19. The number of carbonyl (C=O) groups is 1. The van der Waals surface area contributed by atoms with Crippen LogP contribution in [0.4, 0.5) is 5.82 Å². The van der Waals surface area contributed by atoms with Crippen molar-refractivity contribution >= 4 is 27.7 Å². The van der Waals surface area contributed by atoms with Gasteiger partial charge in [-0.25, -0.2) is 4.98 Å². The molecule has 0 fully saturated rings. The third kappa shape index (κ3) is 3.02. The molecule has 0 aliphatic heterocycles. The monoisotopic (exact) mass is 244 g/mol. The van der Waals surface area contributed by atoms with E-state index in [0.29, 0.717) is 5.82 Å². The number of aliphatic carboxylic acids is 1. The van der Waals surface area contributed by atoms with Crippen molar-refractivity contribution in [3.63, 3.8) is 0 Å². The molecule has 5 heteroatoms. The van der Waals surface area contributed by atoms with Crippen LogP contribution >= 0.6 is 15.9 Å². The second kappa shape index (κ2) is 4.23. The highest BCUT2D eigenvalue weighted by atomic mass is 79.9. The van der Waals surface area contributed by atoms with E-state index in [-0.39, 0.29) is 6.54 Å². The standard InChI is InChI=1S/C8H9BrN2O2/c1-5-2-6(9)8(10-3-5)11-4-7(12)13/h2-3H,4H2,1H3,(H,10,11)(H,12,13). The number of anilines is 1. The molecule has 1 heterocycles. The van der Waals surface area contributed by atoms with Gasteiger partial charge in [-0.2, -0.15) is 0 Å². The van der Waals surface area contributed by atoms with E-state index in [4.69, 9.17) is 5.11 Å². The molecule has 0 atom stereocenters. The number of pyridine rings is 1. The molecule has 0 amide bonds. The summed E-state index contributed by atoms with van der Waals surface area (Å²) in [7, 11) is 0. The average molecular weight is 245 g/mol. The van der Waals surface area contributed by atoms with E-state index in [2.05, 4.69) is 26.2 Å². The molecule has 0 aliphatic rings. The van der Waals surface area contributed by atoms with Gasteiger partial charge < -0.3 is 10.4 Å². The summed E-state index contributed by atoms with van der Waals surface area (Å²) < 4.78 is 0.772. The molecule has 1 rings (SSSR count). The maximum Gasteiger partial charge on any atom is 0.322 e. The van der Waals surface area contributed by atoms with Crippen LogP contribution in [0.25, 0.3) is 0 Å². The molecule has 0 bridgehead atoms. The summed E-state index contributed by atoms with van der Waals surface area (Å²) in [4.78, 5) is 14.3. The number of aryl methyl sites for hydroxylation is 1. The van der Waals surface area contributed by atoms with Gasteiger partial charge in [-0.15, -0.1) is 0 Å². The third-order valence-electron chi connectivity index (χ3n) is 1.38. The molecule has 1 aromatic heterocycles. The fourth-order valence-electron chi connectivity index (χ4n) is 0.823. The van der Waals surface area contributed by atoms with Crippen LogP contribution in [0.5, 0.6) is 0 Å². The van der Waals surface area contributed by atoms with Crippen LogP contribution in [0.15, 0.2) is 16.7 Å². The van der Waals surface area contributed by atoms with Gasteiger partial charge in [-0.05, 0) is 34.5 Å². The van der Waals surface area contributed by atoms with E-state index < -0.39 is 5.97 Å². The number of rotatable bonds is 3. The van der Waals surface area contributed by atoms with Gasteiger partial charge in [0.15, 0.2) is 0 Å². The minimum atomic E-state index is -0.908. The highest BCUT2D eigenvalue weighted by Gasteiger charge is 2.02. The van der Waals surface area contributed by atoms with Gasteiger partial charge in [-0.3, -0.25) is 4.79 Å². The van der Waals surface area contributed by atoms with E-state index in [1.165, 1.54) is 0 Å². The molecule has 0 saturated heterocycles. The topological polar surface area (TPSA) is 62.2 Å². The molecule has 4 nitrogen and oxygen atoms in total. The second-order valence-corrected chi connectivity index (χ2v) is 3.44. The van der Waals surface area contributed by atoms with Crippen LogP contribution in [0.2, 0.25) is 0 Å². The van der Waals surface area contributed by atoms with E-state index in [1.807, 2.05) is 13.0 Å². The summed E-state index contributed by atoms with van der Waals surface area (Å²) in [6.45, 7) is 1.79. The van der Waals surface area contributed by atoms with Crippen molar-refractivity contribution < 1.29 is 9.90 Å². The molecule has 0 aromatic carbocycles. The Morgan fingerprint density at radius 2 is 2.46 bits per heavy atom. The van der Waals surface area contributed by atoms with Crippen LogP contribution in [0.3, 0.4) is 0 Å². The van der Waals surface area contributed by atoms with E-state index in [9.17, 15) is 4.79 Å². The number of halogens is 1. The number of nitrogens with one attached hydrogen (secondary N) is 1. The fraction of sp³-hybridized carbons (Fsp3) is 0.250. The summed E-state index contributed by atoms with van der Waals surface area (Å²) in [5, 5.41) is 11.1. The Hall–Kier alpha value is -1.10. The lowest BCUT2D eigenvalue weighted by Gasteiger charge is -2.04. The van der Waals surface area contributed by atoms with Gasteiger partial charge in [0.25, 0.3) is 0 Å². The van der Waals surface area contributed by atoms with Crippen molar-refractivity contribution in [1.82, 2.24) is 4.98 Å². The number of aromatic nitrogens is 1. The zero-order valence-corrected chi connectivity index (χ0v) is 8.63. The quantitative estimate of drug-likeness (QED) is 0.849. The van der Waals surface area contributed by atoms with Gasteiger partial charge in [0.2, 0.25) is 0 Å². The molecule has 0 aliphatic carbocycles. The largest absolute Gasteiger partial charge is 0.480 e. The minimum absolute atomic E-state index is 0.130. The van der Waals surface area contributed by atoms with Crippen molar-refractivity contribution in [2.45, 2.75) is 6.92 Å². The van der Waals surface area contributed by atoms with Crippen LogP contribution in [-0.2, 0) is 4.79 Å². The smallest absolute Gasteiger partial charge is 0.322 e. The summed E-state index contributed by atoms with van der Waals surface area (Å²) in [5.74, 6) is -0.359. The van der Waals surface area contributed by atoms with Gasteiger partial charge in [-0.1, -0.05) is 0 Å². The van der Waals surface area contributed by atoms with Crippen molar-refractivity contribution in [3.8, 4) is 0 Å². The number of hydrogen-bond donors (Lipinski definition) is 2. The van der Waals surface area contributed by atoms with E-state index in [1.54, 1.807) is 6.20 Å². The number of nitrogens with zero attached hydrogens (tertiary/aromatic N) is 1. The number of hydrogen-bond acceptors (Lipinski definition) is 3. The van der Waals surface area contributed by atoms with E-state index in [0.717, 1.165) is 10.0 Å². The van der Waals surface area contributed by atoms with Gasteiger partial charge in [0.05, 0.1) is 4.47 Å². The molecule has 0 saturated carbocycles. The fourth-order valence-corrected chi connectivity index (χ4v) is 1.43. The maximum absolute atomic E-state index is 10.2. The first-order chi connectivity index (χ1) is 6.09. The van der Waals surface area contributed by atoms with Crippen molar-refractivity contribution in [2.75, 3.05) is 11.9 Å². The Kier molecular flexibility index (Phi) is 3.25. The van der Waals surface area contributed by atoms with Crippen LogP contribution in [-0.4, -0.2) is 22.6 Å². The molecule has 13 heavy (non-hydrogen) atoms. The van der Waals surface area contributed by atoms with Gasteiger partial charge in [0, 0.05) is 6.20 Å². The van der Waals surface area contributed by atoms with Crippen LogP contribution in [0, 0.1) is 6.92 Å². The minimum Gasteiger partial charge on any atom is -0.480 e. The molecular weight excluding hydrogens is 236 g/mol. The molecule has 0 radical (unpaired) electrons. The van der Waals surface area contributed by atoms with Crippen molar-refractivity contribution in [3.05, 3.63) is 22.3 Å². The maximum atomic E-state index is 10.2. The van der Waals surface area contributed by atoms with Gasteiger partial charge in [0.1, 0.15) is 12.4 Å². The Morgan fingerprint density at radius 1 is 1.77 bits per heavy atom. The Balaban J connectivity index is 2.72. The predicted molar refractivity (Wildman–Crippen MR) is 52.8 cm³/mol. The lowest BCUT2D eigenvalue weighted by molar-refractivity contribution is -0.134. The molecule has 0 spiro atoms. The van der Waals surface area contributed by atoms with Crippen molar-refractivity contribution in [2.24, 2.45) is 0 Å². The van der Waals surface area contributed by atoms with Gasteiger partial charge >= 0.3 is 5.97 Å². The second-order valence-electron chi connectivity index (χ2n) is 2.59. The normalized spacial score (nSPS) is 9.69. The average Bonchev–Trinajstić information content (AvgIpc) is 2.02. The Morgan fingerprint density at radius 3 is 3.00 bits per heavy atom. The first-order valence-corrected chi connectivity index (χ1v) is 4.46. The number of carboxylic acids is 1. The zero-order valence-electron chi connectivity index (χ0n) is 7.04. The lowest BCUT2D eigenvalue weighted by Crippen LogP contribution is -2.13. The third-order valence-corrected chi connectivity index (χ3v) is 1.99. The first-order valence-electron chi connectivity index (χ1n) is 3.67. The molecule has 0 unspecified atom stereocenters. The Labute approximate surface area is 84.1 Å². The molecule has 70 valence electrons. The van der Waals surface area contributed by atoms with Crippen LogP contribution < -0.4 is 5.32 Å².